The summed E-state index contributed by atoms with van der Waals surface area (Å²) in [6, 6.07) is 11.8. The molecule has 0 unspecified atom stereocenters. The van der Waals surface area contributed by atoms with Gasteiger partial charge in [-0.3, -0.25) is 4.79 Å². The second-order valence-electron chi connectivity index (χ2n) is 6.26. The summed E-state index contributed by atoms with van der Waals surface area (Å²) in [5.74, 6) is -0.131. The summed E-state index contributed by atoms with van der Waals surface area (Å²) in [5, 5.41) is 0.511. The van der Waals surface area contributed by atoms with Gasteiger partial charge in [0.25, 0.3) is 5.91 Å². The number of aryl methyl sites for hydroxylation is 1. The Morgan fingerprint density at radius 3 is 2.77 bits per heavy atom. The Bertz CT molecular complexity index is 928. The van der Waals surface area contributed by atoms with E-state index >= 15 is 0 Å². The van der Waals surface area contributed by atoms with Gasteiger partial charge in [-0.1, -0.05) is 24.6 Å². The molecule has 0 saturated carbocycles. The van der Waals surface area contributed by atoms with Crippen LogP contribution in [0.5, 0.6) is 0 Å². The average molecular weight is 393 g/mol. The van der Waals surface area contributed by atoms with Gasteiger partial charge < -0.3 is 4.90 Å². The molecular weight excluding hydrogens is 372 g/mol. The number of hydrogen-bond donors (Lipinski definition) is 1. The van der Waals surface area contributed by atoms with Crippen molar-refractivity contribution >= 4 is 33.2 Å². The van der Waals surface area contributed by atoms with Crippen LogP contribution >= 0.6 is 11.6 Å². The number of nitrogens with zero attached hydrogens (tertiary/aromatic N) is 1. The van der Waals surface area contributed by atoms with Gasteiger partial charge in [-0.25, -0.2) is 13.1 Å². The second kappa shape index (κ2) is 7.78. The van der Waals surface area contributed by atoms with Crippen molar-refractivity contribution in [2.24, 2.45) is 0 Å². The molecule has 5 nitrogen and oxygen atoms in total. The lowest BCUT2D eigenvalue weighted by Gasteiger charge is -2.30. The second-order valence-corrected chi connectivity index (χ2v) is 8.46. The molecule has 0 spiro atoms. The van der Waals surface area contributed by atoms with Crippen LogP contribution in [0.1, 0.15) is 35.7 Å². The molecule has 1 amide bonds. The number of halogens is 1. The van der Waals surface area contributed by atoms with Crippen molar-refractivity contribution in [3.05, 3.63) is 58.6 Å². The smallest absolute Gasteiger partial charge is 0.258 e. The predicted octanol–water partition coefficient (Wildman–Crippen LogP) is 3.62. The Hall–Kier alpha value is -1.89. The van der Waals surface area contributed by atoms with Gasteiger partial charge in [0.05, 0.1) is 4.90 Å². The summed E-state index contributed by atoms with van der Waals surface area (Å²) in [6.45, 7) is 2.91. The molecule has 0 aliphatic carbocycles. The third-order valence-electron chi connectivity index (χ3n) is 4.34. The highest BCUT2D eigenvalue weighted by Crippen LogP contribution is 2.31. The number of sulfonamides is 1. The SMILES string of the molecule is CCCNS(=O)(=O)c1ccc2c(c1)CCCN2C(=O)c1cccc(Cl)c1. The number of carbonyl (C=O) groups excluding carboxylic acids is 1. The maximum absolute atomic E-state index is 12.9. The zero-order chi connectivity index (χ0) is 18.7. The molecule has 26 heavy (non-hydrogen) atoms. The van der Waals surface area contributed by atoms with Crippen molar-refractivity contribution in [1.82, 2.24) is 4.72 Å². The van der Waals surface area contributed by atoms with E-state index in [0.717, 1.165) is 30.5 Å². The van der Waals surface area contributed by atoms with Crippen LogP contribution in [0.4, 0.5) is 5.69 Å². The van der Waals surface area contributed by atoms with E-state index < -0.39 is 10.0 Å². The van der Waals surface area contributed by atoms with Gasteiger partial charge >= 0.3 is 0 Å². The van der Waals surface area contributed by atoms with Gasteiger partial charge in [-0.05, 0) is 61.2 Å². The average Bonchev–Trinajstić information content (AvgIpc) is 2.65. The molecule has 0 saturated heterocycles. The summed E-state index contributed by atoms with van der Waals surface area (Å²) in [5.41, 5.74) is 2.15. The number of hydrogen-bond acceptors (Lipinski definition) is 3. The van der Waals surface area contributed by atoms with E-state index in [2.05, 4.69) is 4.72 Å². The van der Waals surface area contributed by atoms with Crippen molar-refractivity contribution < 1.29 is 13.2 Å². The molecule has 1 heterocycles. The third-order valence-corrected chi connectivity index (χ3v) is 6.03. The molecule has 7 heteroatoms. The number of amides is 1. The van der Waals surface area contributed by atoms with Crippen LogP contribution in [-0.4, -0.2) is 27.4 Å². The molecule has 2 aromatic carbocycles. The molecule has 0 aromatic heterocycles. The Kier molecular flexibility index (Phi) is 5.65. The first-order valence-electron chi connectivity index (χ1n) is 8.62. The molecule has 0 radical (unpaired) electrons. The molecule has 2 aromatic rings. The highest BCUT2D eigenvalue weighted by atomic mass is 35.5. The Morgan fingerprint density at radius 1 is 1.23 bits per heavy atom. The van der Waals surface area contributed by atoms with Crippen LogP contribution in [0.3, 0.4) is 0 Å². The summed E-state index contributed by atoms with van der Waals surface area (Å²) in [6.07, 6.45) is 2.25. The van der Waals surface area contributed by atoms with Crippen molar-refractivity contribution in [2.75, 3.05) is 18.0 Å². The zero-order valence-corrected chi connectivity index (χ0v) is 16.1. The Labute approximate surface area is 159 Å². The van der Waals surface area contributed by atoms with Crippen molar-refractivity contribution in [3.8, 4) is 0 Å². The molecule has 1 N–H and O–H groups in total. The fraction of sp³-hybridized carbons (Fsp3) is 0.316. The van der Waals surface area contributed by atoms with Crippen LogP contribution in [0.2, 0.25) is 5.02 Å². The van der Waals surface area contributed by atoms with Gasteiger partial charge in [0, 0.05) is 29.4 Å². The Balaban J connectivity index is 1.92. The lowest BCUT2D eigenvalue weighted by atomic mass is 10.0. The number of nitrogens with one attached hydrogen (secondary N) is 1. The maximum Gasteiger partial charge on any atom is 0.258 e. The maximum atomic E-state index is 12.9. The fourth-order valence-electron chi connectivity index (χ4n) is 3.05. The summed E-state index contributed by atoms with van der Waals surface area (Å²) >= 11 is 6.00. The molecule has 1 aliphatic rings. The number of fused-ring (bicyclic) bond motifs is 1. The highest BCUT2D eigenvalue weighted by Gasteiger charge is 2.25. The van der Waals surface area contributed by atoms with Gasteiger partial charge in [0.15, 0.2) is 0 Å². The first-order valence-corrected chi connectivity index (χ1v) is 10.5. The van der Waals surface area contributed by atoms with E-state index in [9.17, 15) is 13.2 Å². The summed E-state index contributed by atoms with van der Waals surface area (Å²) in [7, 11) is -3.52. The lowest BCUT2D eigenvalue weighted by molar-refractivity contribution is 0.0985. The van der Waals surface area contributed by atoms with E-state index in [-0.39, 0.29) is 10.8 Å². The first kappa shape index (κ1) is 18.9. The first-order chi connectivity index (χ1) is 12.4. The normalized spacial score (nSPS) is 14.2. The van der Waals surface area contributed by atoms with Gasteiger partial charge in [-0.2, -0.15) is 0 Å². The van der Waals surface area contributed by atoms with E-state index in [1.165, 1.54) is 0 Å². The molecule has 0 atom stereocenters. The van der Waals surface area contributed by atoms with Crippen molar-refractivity contribution in [1.29, 1.82) is 0 Å². The molecule has 0 fully saturated rings. The number of benzene rings is 2. The highest BCUT2D eigenvalue weighted by molar-refractivity contribution is 7.89. The minimum Gasteiger partial charge on any atom is -0.308 e. The lowest BCUT2D eigenvalue weighted by Crippen LogP contribution is -2.35. The van der Waals surface area contributed by atoms with Crippen LogP contribution < -0.4 is 9.62 Å². The Morgan fingerprint density at radius 2 is 2.04 bits per heavy atom. The summed E-state index contributed by atoms with van der Waals surface area (Å²) < 4.78 is 27.3. The van der Waals surface area contributed by atoms with E-state index in [4.69, 9.17) is 11.6 Å². The largest absolute Gasteiger partial charge is 0.308 e. The standard InChI is InChI=1S/C19H21ClN2O3S/c1-2-10-21-26(24,25)17-8-9-18-14(13-17)6-4-11-22(18)19(23)15-5-3-7-16(20)12-15/h3,5,7-9,12-13,21H,2,4,6,10-11H2,1H3. The van der Waals surface area contributed by atoms with E-state index in [0.29, 0.717) is 23.7 Å². The van der Waals surface area contributed by atoms with E-state index in [1.807, 2.05) is 6.92 Å². The third kappa shape index (κ3) is 3.92. The topological polar surface area (TPSA) is 66.5 Å². The number of anilines is 1. The monoisotopic (exact) mass is 392 g/mol. The van der Waals surface area contributed by atoms with Crippen molar-refractivity contribution in [2.45, 2.75) is 31.1 Å². The van der Waals surface area contributed by atoms with Crippen LogP contribution in [0.25, 0.3) is 0 Å². The van der Waals surface area contributed by atoms with Gasteiger partial charge in [-0.15, -0.1) is 0 Å². The van der Waals surface area contributed by atoms with Crippen LogP contribution in [-0.2, 0) is 16.4 Å². The molecular formula is C19H21ClN2O3S. The number of rotatable bonds is 5. The molecule has 1 aliphatic heterocycles. The molecule has 0 bridgehead atoms. The van der Waals surface area contributed by atoms with Gasteiger partial charge in [0.2, 0.25) is 10.0 Å². The quantitative estimate of drug-likeness (QED) is 0.845. The number of carbonyl (C=O) groups is 1. The van der Waals surface area contributed by atoms with Gasteiger partial charge in [0.1, 0.15) is 0 Å². The zero-order valence-electron chi connectivity index (χ0n) is 14.5. The minimum absolute atomic E-state index is 0.131. The van der Waals surface area contributed by atoms with E-state index in [1.54, 1.807) is 47.4 Å². The summed E-state index contributed by atoms with van der Waals surface area (Å²) in [4.78, 5) is 14.8. The molecule has 138 valence electrons. The van der Waals surface area contributed by atoms with Crippen molar-refractivity contribution in [3.63, 3.8) is 0 Å². The predicted molar refractivity (Wildman–Crippen MR) is 103 cm³/mol. The molecule has 3 rings (SSSR count). The minimum atomic E-state index is -3.52. The van der Waals surface area contributed by atoms with Crippen LogP contribution in [0, 0.1) is 0 Å². The fourth-order valence-corrected chi connectivity index (χ4v) is 4.42. The van der Waals surface area contributed by atoms with Crippen LogP contribution in [0.15, 0.2) is 47.4 Å².